The molecule has 6 nitrogen and oxygen atoms in total. The molecule has 0 aromatic heterocycles. The number of hydrogen-bond acceptors (Lipinski definition) is 4. The Hall–Kier alpha value is -2.08. The zero-order valence-electron chi connectivity index (χ0n) is 17.4. The van der Waals surface area contributed by atoms with Gasteiger partial charge in [0.05, 0.1) is 0 Å². The summed E-state index contributed by atoms with van der Waals surface area (Å²) in [5.41, 5.74) is 2.79. The lowest BCUT2D eigenvalue weighted by molar-refractivity contribution is -0.136. The molecule has 1 aliphatic rings. The van der Waals surface area contributed by atoms with Gasteiger partial charge in [-0.05, 0) is 49.4 Å². The molecule has 0 saturated heterocycles. The summed E-state index contributed by atoms with van der Waals surface area (Å²) in [5.74, 6) is 0.607. The summed E-state index contributed by atoms with van der Waals surface area (Å²) in [6.07, 6.45) is 1.99. The number of carbonyl (C=O) groups excluding carboxylic acids is 2. The lowest BCUT2D eigenvalue weighted by Gasteiger charge is -2.33. The molecule has 0 spiro atoms. The molecule has 0 heterocycles. The zero-order valence-corrected chi connectivity index (χ0v) is 17.4. The molecule has 0 unspecified atom stereocenters. The van der Waals surface area contributed by atoms with Crippen LogP contribution in [0.25, 0.3) is 0 Å². The van der Waals surface area contributed by atoms with E-state index in [-0.39, 0.29) is 30.4 Å². The van der Waals surface area contributed by atoms with Crippen molar-refractivity contribution >= 4 is 23.2 Å². The van der Waals surface area contributed by atoms with Crippen molar-refractivity contribution in [2.45, 2.75) is 46.2 Å². The van der Waals surface area contributed by atoms with E-state index in [2.05, 4.69) is 26.1 Å². The van der Waals surface area contributed by atoms with Crippen molar-refractivity contribution < 1.29 is 14.3 Å². The highest BCUT2D eigenvalue weighted by molar-refractivity contribution is 5.92. The monoisotopic (exact) mass is 375 g/mol. The third-order valence-electron chi connectivity index (χ3n) is 5.13. The van der Waals surface area contributed by atoms with E-state index in [0.717, 1.165) is 24.1 Å². The molecule has 1 aromatic rings. The minimum absolute atomic E-state index is 0.0153. The Morgan fingerprint density at radius 3 is 2.41 bits per heavy atom. The van der Waals surface area contributed by atoms with Crippen LogP contribution in [0.4, 0.5) is 11.4 Å². The van der Waals surface area contributed by atoms with Gasteiger partial charge in [0.1, 0.15) is 6.61 Å². The summed E-state index contributed by atoms with van der Waals surface area (Å²) in [6, 6.07) is 5.98. The Kier molecular flexibility index (Phi) is 7.25. The number of amides is 2. The van der Waals surface area contributed by atoms with Crippen LogP contribution >= 0.6 is 0 Å². The summed E-state index contributed by atoms with van der Waals surface area (Å²) in [5, 5.41) is 2.85. The minimum atomic E-state index is -0.192. The van der Waals surface area contributed by atoms with E-state index in [1.165, 1.54) is 7.11 Å². The largest absolute Gasteiger partial charge is 0.377 e. The molecule has 1 aromatic carbocycles. The fourth-order valence-electron chi connectivity index (χ4n) is 3.09. The second-order valence-corrected chi connectivity index (χ2v) is 7.94. The molecule has 1 N–H and O–H groups in total. The van der Waals surface area contributed by atoms with Gasteiger partial charge in [-0.1, -0.05) is 13.8 Å². The maximum atomic E-state index is 12.9. The molecule has 2 amide bonds. The number of carbonyl (C=O) groups is 2. The van der Waals surface area contributed by atoms with Gasteiger partial charge in [-0.15, -0.1) is 0 Å². The summed E-state index contributed by atoms with van der Waals surface area (Å²) < 4.78 is 4.88. The number of hydrogen-bond donors (Lipinski definition) is 1. The van der Waals surface area contributed by atoms with Gasteiger partial charge in [0.15, 0.2) is 0 Å². The highest BCUT2D eigenvalue weighted by atomic mass is 16.5. The average Bonchev–Trinajstić information content (AvgIpc) is 3.43. The van der Waals surface area contributed by atoms with E-state index in [1.54, 1.807) is 0 Å². The highest BCUT2D eigenvalue weighted by Gasteiger charge is 2.36. The Morgan fingerprint density at radius 2 is 1.89 bits per heavy atom. The van der Waals surface area contributed by atoms with Crippen molar-refractivity contribution in [3.8, 4) is 0 Å². The standard InChI is InChI=1S/C21H33N3O3/c1-14(2)15(3)24(21(26)16-7-8-16)12-17-11-18(22-20(25)13-27-6)9-10-19(17)23(4)5/h9-11,14-16H,7-8,12-13H2,1-6H3,(H,22,25)/t15-/m1/s1. The molecule has 0 radical (unpaired) electrons. The predicted octanol–water partition coefficient (Wildman–Crippen LogP) is 3.12. The van der Waals surface area contributed by atoms with Crippen LogP contribution in [0.5, 0.6) is 0 Å². The molecule has 1 saturated carbocycles. The van der Waals surface area contributed by atoms with Gasteiger partial charge < -0.3 is 19.9 Å². The van der Waals surface area contributed by atoms with Crippen LogP contribution in [0.3, 0.4) is 0 Å². The van der Waals surface area contributed by atoms with Gasteiger partial charge in [-0.25, -0.2) is 0 Å². The summed E-state index contributed by atoms with van der Waals surface area (Å²) in [7, 11) is 5.47. The van der Waals surface area contributed by atoms with E-state index in [0.29, 0.717) is 18.2 Å². The van der Waals surface area contributed by atoms with Crippen LogP contribution < -0.4 is 10.2 Å². The van der Waals surface area contributed by atoms with Gasteiger partial charge in [-0.2, -0.15) is 0 Å². The van der Waals surface area contributed by atoms with Crippen LogP contribution in [0.2, 0.25) is 0 Å². The number of methoxy groups -OCH3 is 1. The first-order valence-corrected chi connectivity index (χ1v) is 9.64. The molecular formula is C21H33N3O3. The predicted molar refractivity (Wildman–Crippen MR) is 109 cm³/mol. The second-order valence-electron chi connectivity index (χ2n) is 7.94. The minimum Gasteiger partial charge on any atom is -0.377 e. The van der Waals surface area contributed by atoms with E-state index >= 15 is 0 Å². The molecule has 150 valence electrons. The smallest absolute Gasteiger partial charge is 0.250 e. The van der Waals surface area contributed by atoms with Crippen LogP contribution in [-0.4, -0.2) is 50.6 Å². The number of rotatable bonds is 9. The van der Waals surface area contributed by atoms with E-state index in [9.17, 15) is 9.59 Å². The Balaban J connectivity index is 2.30. The van der Waals surface area contributed by atoms with Crippen molar-refractivity contribution in [1.82, 2.24) is 4.90 Å². The topological polar surface area (TPSA) is 61.9 Å². The van der Waals surface area contributed by atoms with Crippen LogP contribution in [0, 0.1) is 11.8 Å². The first-order chi connectivity index (χ1) is 12.7. The van der Waals surface area contributed by atoms with Crippen molar-refractivity contribution in [1.29, 1.82) is 0 Å². The van der Waals surface area contributed by atoms with Crippen molar-refractivity contribution in [3.63, 3.8) is 0 Å². The molecular weight excluding hydrogens is 342 g/mol. The lowest BCUT2D eigenvalue weighted by Crippen LogP contribution is -2.42. The first-order valence-electron chi connectivity index (χ1n) is 9.64. The third-order valence-corrected chi connectivity index (χ3v) is 5.13. The molecule has 1 atom stereocenters. The lowest BCUT2D eigenvalue weighted by atomic mass is 10.0. The molecule has 0 aliphatic heterocycles. The normalized spacial score (nSPS) is 14.8. The second kappa shape index (κ2) is 9.22. The van der Waals surface area contributed by atoms with E-state index in [1.807, 2.05) is 42.1 Å². The van der Waals surface area contributed by atoms with Gasteiger partial charge in [0.2, 0.25) is 11.8 Å². The van der Waals surface area contributed by atoms with Gasteiger partial charge in [-0.3, -0.25) is 9.59 Å². The molecule has 6 heteroatoms. The summed E-state index contributed by atoms with van der Waals surface area (Å²) in [4.78, 5) is 28.8. The Morgan fingerprint density at radius 1 is 1.22 bits per heavy atom. The fourth-order valence-corrected chi connectivity index (χ4v) is 3.09. The van der Waals surface area contributed by atoms with E-state index < -0.39 is 0 Å². The molecule has 27 heavy (non-hydrogen) atoms. The SMILES string of the molecule is COCC(=O)Nc1ccc(N(C)C)c(CN(C(=O)C2CC2)[C@H](C)C(C)C)c1. The van der Waals surface area contributed by atoms with Crippen molar-refractivity contribution in [2.24, 2.45) is 11.8 Å². The maximum absolute atomic E-state index is 12.9. The molecule has 1 aliphatic carbocycles. The molecule has 0 bridgehead atoms. The van der Waals surface area contributed by atoms with Crippen molar-refractivity contribution in [3.05, 3.63) is 23.8 Å². The fraction of sp³-hybridized carbons (Fsp3) is 0.619. The quantitative estimate of drug-likeness (QED) is 0.720. The van der Waals surface area contributed by atoms with Gasteiger partial charge in [0.25, 0.3) is 0 Å². The molecule has 1 fully saturated rings. The third kappa shape index (κ3) is 5.70. The van der Waals surface area contributed by atoms with Gasteiger partial charge in [0, 0.05) is 51.1 Å². The summed E-state index contributed by atoms with van der Waals surface area (Å²) >= 11 is 0. The van der Waals surface area contributed by atoms with Crippen LogP contribution in [0.1, 0.15) is 39.2 Å². The van der Waals surface area contributed by atoms with E-state index in [4.69, 9.17) is 4.74 Å². The zero-order chi connectivity index (χ0) is 20.1. The van der Waals surface area contributed by atoms with Crippen LogP contribution in [-0.2, 0) is 20.9 Å². The number of benzene rings is 1. The Bertz CT molecular complexity index is 669. The number of ether oxygens (including phenoxy) is 1. The number of nitrogens with zero attached hydrogens (tertiary/aromatic N) is 2. The number of nitrogens with one attached hydrogen (secondary N) is 1. The van der Waals surface area contributed by atoms with Crippen LogP contribution in [0.15, 0.2) is 18.2 Å². The van der Waals surface area contributed by atoms with Crippen molar-refractivity contribution in [2.75, 3.05) is 38.0 Å². The highest BCUT2D eigenvalue weighted by Crippen LogP contribution is 2.34. The maximum Gasteiger partial charge on any atom is 0.250 e. The Labute approximate surface area is 162 Å². The molecule has 2 rings (SSSR count). The average molecular weight is 376 g/mol. The summed E-state index contributed by atoms with van der Waals surface area (Å²) in [6.45, 7) is 6.96. The number of anilines is 2. The van der Waals surface area contributed by atoms with Gasteiger partial charge >= 0.3 is 0 Å². The first kappa shape index (κ1) is 21.2.